The number of esters is 1. The Bertz CT molecular complexity index is 1000. The van der Waals surface area contributed by atoms with Crippen molar-refractivity contribution in [1.29, 1.82) is 0 Å². The van der Waals surface area contributed by atoms with Gasteiger partial charge in [-0.25, -0.2) is 4.98 Å². The second-order valence-corrected chi connectivity index (χ2v) is 7.13. The van der Waals surface area contributed by atoms with Crippen molar-refractivity contribution in [3.05, 3.63) is 67.3 Å². The lowest BCUT2D eigenvalue weighted by atomic mass is 10.3. The topological polar surface area (TPSA) is 64.4 Å². The van der Waals surface area contributed by atoms with Gasteiger partial charge in [0.25, 0.3) is 0 Å². The SMILES string of the molecule is C=CCn1c(SCC(=O)N(CC(=O)OCC)c2ccccc2)nc2ccccc21. The van der Waals surface area contributed by atoms with Crippen molar-refractivity contribution in [3.63, 3.8) is 0 Å². The number of hydrogen-bond donors (Lipinski definition) is 0. The normalized spacial score (nSPS) is 10.7. The molecule has 0 fully saturated rings. The highest BCUT2D eigenvalue weighted by molar-refractivity contribution is 7.99. The number of rotatable bonds is 9. The van der Waals surface area contributed by atoms with E-state index in [-0.39, 0.29) is 24.8 Å². The average Bonchev–Trinajstić information content (AvgIpc) is 3.09. The average molecular weight is 410 g/mol. The van der Waals surface area contributed by atoms with Crippen LogP contribution in [0.5, 0.6) is 0 Å². The number of anilines is 1. The third-order valence-electron chi connectivity index (χ3n) is 4.22. The van der Waals surface area contributed by atoms with Crippen LogP contribution in [0.1, 0.15) is 6.92 Å². The van der Waals surface area contributed by atoms with Gasteiger partial charge in [-0.05, 0) is 31.2 Å². The van der Waals surface area contributed by atoms with Gasteiger partial charge in [-0.1, -0.05) is 48.2 Å². The summed E-state index contributed by atoms with van der Waals surface area (Å²) in [5.41, 5.74) is 2.52. The molecule has 3 aromatic rings. The van der Waals surface area contributed by atoms with E-state index in [0.29, 0.717) is 12.2 Å². The van der Waals surface area contributed by atoms with Gasteiger partial charge in [0, 0.05) is 12.2 Å². The maximum Gasteiger partial charge on any atom is 0.326 e. The number of aromatic nitrogens is 2. The molecule has 2 aromatic carbocycles. The molecule has 0 bridgehead atoms. The van der Waals surface area contributed by atoms with Gasteiger partial charge in [-0.15, -0.1) is 6.58 Å². The van der Waals surface area contributed by atoms with E-state index in [1.54, 1.807) is 25.1 Å². The molecule has 6 nitrogen and oxygen atoms in total. The number of thioether (sulfide) groups is 1. The highest BCUT2D eigenvalue weighted by Gasteiger charge is 2.21. The van der Waals surface area contributed by atoms with Gasteiger partial charge in [0.05, 0.1) is 23.4 Å². The fraction of sp³-hybridized carbons (Fsp3) is 0.227. The van der Waals surface area contributed by atoms with Crippen molar-refractivity contribution in [2.45, 2.75) is 18.6 Å². The first-order valence-corrected chi connectivity index (χ1v) is 10.3. The molecule has 0 spiro atoms. The Kier molecular flexibility index (Phi) is 7.08. The lowest BCUT2D eigenvalue weighted by molar-refractivity contribution is -0.142. The van der Waals surface area contributed by atoms with Crippen molar-refractivity contribution in [2.75, 3.05) is 23.8 Å². The Balaban J connectivity index is 1.79. The molecule has 3 rings (SSSR count). The van der Waals surface area contributed by atoms with Gasteiger partial charge >= 0.3 is 5.97 Å². The molecular weight excluding hydrogens is 386 g/mol. The first kappa shape index (κ1) is 20.7. The zero-order valence-corrected chi connectivity index (χ0v) is 17.1. The minimum absolute atomic E-state index is 0.125. The van der Waals surface area contributed by atoms with Crippen LogP contribution in [0, 0.1) is 0 Å². The number of carbonyl (C=O) groups excluding carboxylic acids is 2. The zero-order chi connectivity index (χ0) is 20.6. The molecule has 1 amide bonds. The summed E-state index contributed by atoms with van der Waals surface area (Å²) in [6, 6.07) is 17.0. The fourth-order valence-electron chi connectivity index (χ4n) is 2.94. The Labute approximate surface area is 174 Å². The van der Waals surface area contributed by atoms with E-state index >= 15 is 0 Å². The van der Waals surface area contributed by atoms with Crippen LogP contribution < -0.4 is 4.90 Å². The molecule has 1 heterocycles. The number of allylic oxidation sites excluding steroid dienone is 1. The highest BCUT2D eigenvalue weighted by Crippen LogP contribution is 2.25. The summed E-state index contributed by atoms with van der Waals surface area (Å²) in [4.78, 5) is 31.1. The Hall–Kier alpha value is -3.06. The van der Waals surface area contributed by atoms with Gasteiger partial charge in [0.2, 0.25) is 5.91 Å². The molecule has 1 aromatic heterocycles. The zero-order valence-electron chi connectivity index (χ0n) is 16.3. The second kappa shape index (κ2) is 9.93. The van der Waals surface area contributed by atoms with E-state index in [1.165, 1.54) is 16.7 Å². The predicted molar refractivity (Wildman–Crippen MR) is 116 cm³/mol. The van der Waals surface area contributed by atoms with Gasteiger partial charge in [0.1, 0.15) is 6.54 Å². The van der Waals surface area contributed by atoms with Crippen LogP contribution in [0.15, 0.2) is 72.4 Å². The lowest BCUT2D eigenvalue weighted by Gasteiger charge is -2.21. The number of fused-ring (bicyclic) bond motifs is 1. The summed E-state index contributed by atoms with van der Waals surface area (Å²) in [5, 5.41) is 0.739. The van der Waals surface area contributed by atoms with Crippen molar-refractivity contribution < 1.29 is 14.3 Å². The van der Waals surface area contributed by atoms with E-state index in [9.17, 15) is 9.59 Å². The molecule has 0 aliphatic carbocycles. The monoisotopic (exact) mass is 409 g/mol. The van der Waals surface area contributed by atoms with Crippen molar-refractivity contribution in [1.82, 2.24) is 9.55 Å². The molecule has 29 heavy (non-hydrogen) atoms. The maximum absolute atomic E-state index is 13.0. The molecule has 7 heteroatoms. The minimum atomic E-state index is -0.436. The Morgan fingerprint density at radius 1 is 1.17 bits per heavy atom. The maximum atomic E-state index is 13.0. The van der Waals surface area contributed by atoms with Crippen LogP contribution in [0.3, 0.4) is 0 Å². The van der Waals surface area contributed by atoms with Crippen LogP contribution in [-0.4, -0.2) is 40.3 Å². The van der Waals surface area contributed by atoms with Crippen LogP contribution in [0.4, 0.5) is 5.69 Å². The van der Waals surface area contributed by atoms with Crippen LogP contribution in [0.25, 0.3) is 11.0 Å². The predicted octanol–water partition coefficient (Wildman–Crippen LogP) is 3.91. The Morgan fingerprint density at radius 2 is 1.90 bits per heavy atom. The number of ether oxygens (including phenoxy) is 1. The van der Waals surface area contributed by atoms with E-state index in [2.05, 4.69) is 11.6 Å². The van der Waals surface area contributed by atoms with Crippen molar-refractivity contribution in [3.8, 4) is 0 Å². The first-order chi connectivity index (χ1) is 14.1. The number of amides is 1. The summed E-state index contributed by atoms with van der Waals surface area (Å²) in [6.07, 6.45) is 1.80. The van der Waals surface area contributed by atoms with Gasteiger partial charge in [-0.2, -0.15) is 0 Å². The summed E-state index contributed by atoms with van der Waals surface area (Å²) in [5.74, 6) is -0.477. The highest BCUT2D eigenvalue weighted by atomic mass is 32.2. The van der Waals surface area contributed by atoms with Crippen LogP contribution in [0.2, 0.25) is 0 Å². The molecule has 150 valence electrons. The number of para-hydroxylation sites is 3. The fourth-order valence-corrected chi connectivity index (χ4v) is 3.84. The first-order valence-electron chi connectivity index (χ1n) is 9.34. The van der Waals surface area contributed by atoms with E-state index in [1.807, 2.05) is 47.0 Å². The van der Waals surface area contributed by atoms with Gasteiger partial charge < -0.3 is 14.2 Å². The Morgan fingerprint density at radius 3 is 2.62 bits per heavy atom. The molecule has 0 radical (unpaired) electrons. The summed E-state index contributed by atoms with van der Waals surface area (Å²) in [6.45, 7) is 6.30. The number of nitrogens with zero attached hydrogens (tertiary/aromatic N) is 3. The number of benzene rings is 2. The molecule has 0 aliphatic rings. The van der Waals surface area contributed by atoms with E-state index in [4.69, 9.17) is 4.74 Å². The second-order valence-electron chi connectivity index (χ2n) is 6.19. The number of hydrogen-bond acceptors (Lipinski definition) is 5. The largest absolute Gasteiger partial charge is 0.465 e. The molecule has 0 atom stereocenters. The summed E-state index contributed by atoms with van der Waals surface area (Å²) < 4.78 is 7.06. The third-order valence-corrected chi connectivity index (χ3v) is 5.18. The number of carbonyl (C=O) groups is 2. The summed E-state index contributed by atoms with van der Waals surface area (Å²) in [7, 11) is 0. The van der Waals surface area contributed by atoms with E-state index in [0.717, 1.165) is 16.2 Å². The molecule has 0 unspecified atom stereocenters. The standard InChI is InChI=1S/C22H23N3O3S/c1-3-14-24-19-13-9-8-12-18(19)23-22(24)29-16-20(26)25(15-21(27)28-4-2)17-10-6-5-7-11-17/h3,5-13H,1,4,14-16H2,2H3. The number of imidazole rings is 1. The molecule has 0 saturated heterocycles. The van der Waals surface area contributed by atoms with Gasteiger partial charge in [0.15, 0.2) is 5.16 Å². The van der Waals surface area contributed by atoms with Gasteiger partial charge in [-0.3, -0.25) is 9.59 Å². The lowest BCUT2D eigenvalue weighted by Crippen LogP contribution is -2.37. The third kappa shape index (κ3) is 5.06. The molecular formula is C22H23N3O3S. The van der Waals surface area contributed by atoms with Crippen molar-refractivity contribution in [2.24, 2.45) is 0 Å². The smallest absolute Gasteiger partial charge is 0.326 e. The molecule has 0 aliphatic heterocycles. The minimum Gasteiger partial charge on any atom is -0.465 e. The summed E-state index contributed by atoms with van der Waals surface area (Å²) >= 11 is 1.35. The van der Waals surface area contributed by atoms with Crippen molar-refractivity contribution >= 4 is 40.4 Å². The molecule has 0 N–H and O–H groups in total. The van der Waals surface area contributed by atoms with Crippen LogP contribution >= 0.6 is 11.8 Å². The quantitative estimate of drug-likeness (QED) is 0.305. The van der Waals surface area contributed by atoms with E-state index < -0.39 is 5.97 Å². The molecule has 0 saturated carbocycles. The van der Waals surface area contributed by atoms with Crippen LogP contribution in [-0.2, 0) is 20.9 Å².